The number of fused-ring (bicyclic) bond motifs is 1. The van der Waals surface area contributed by atoms with Crippen LogP contribution in [0.4, 0.5) is 0 Å². The van der Waals surface area contributed by atoms with Crippen LogP contribution in [0.3, 0.4) is 0 Å². The molecule has 1 aromatic carbocycles. The zero-order valence-electron chi connectivity index (χ0n) is 7.87. The molecule has 0 heterocycles. The van der Waals surface area contributed by atoms with E-state index in [0.29, 0.717) is 0 Å². The van der Waals surface area contributed by atoms with Crippen molar-refractivity contribution in [3.8, 4) is 0 Å². The molecular formula is C12H16S. The fraction of sp³-hybridized carbons (Fsp3) is 0.500. The van der Waals surface area contributed by atoms with E-state index in [1.165, 1.54) is 25.7 Å². The molecule has 1 aliphatic rings. The molecule has 0 unspecified atom stereocenters. The second-order valence-corrected chi connectivity index (χ2v) is 4.36. The molecule has 1 aromatic rings. The number of thiol groups is 1. The van der Waals surface area contributed by atoms with Crippen molar-refractivity contribution in [1.29, 1.82) is 0 Å². The lowest BCUT2D eigenvalue weighted by atomic mass is 10.0. The Balaban J connectivity index is 1.97. The summed E-state index contributed by atoms with van der Waals surface area (Å²) in [5, 5.41) is 0. The zero-order valence-corrected chi connectivity index (χ0v) is 8.76. The summed E-state index contributed by atoms with van der Waals surface area (Å²) in [6, 6.07) is 8.85. The molecule has 0 nitrogen and oxygen atoms in total. The van der Waals surface area contributed by atoms with Crippen molar-refractivity contribution >= 4 is 12.6 Å². The predicted molar refractivity (Wildman–Crippen MR) is 60.4 cm³/mol. The molecule has 13 heavy (non-hydrogen) atoms. The molecular weight excluding hydrogens is 176 g/mol. The fourth-order valence-corrected chi connectivity index (χ4v) is 2.42. The zero-order chi connectivity index (χ0) is 9.10. The maximum atomic E-state index is 4.25. The average molecular weight is 192 g/mol. The minimum Gasteiger partial charge on any atom is -0.179 e. The highest BCUT2D eigenvalue weighted by Crippen LogP contribution is 2.29. The van der Waals surface area contributed by atoms with Crippen LogP contribution in [0, 0.1) is 5.92 Å². The summed E-state index contributed by atoms with van der Waals surface area (Å²) in [4.78, 5) is 0. The maximum Gasteiger partial charge on any atom is -0.00978 e. The lowest BCUT2D eigenvalue weighted by molar-refractivity contribution is 0.509. The Morgan fingerprint density at radius 1 is 1.15 bits per heavy atom. The lowest BCUT2D eigenvalue weighted by Gasteiger charge is -2.05. The van der Waals surface area contributed by atoms with Gasteiger partial charge in [0.05, 0.1) is 0 Å². The third-order valence-electron chi connectivity index (χ3n) is 2.91. The van der Waals surface area contributed by atoms with Gasteiger partial charge in [0, 0.05) is 0 Å². The first-order valence-corrected chi connectivity index (χ1v) is 5.71. The van der Waals surface area contributed by atoms with E-state index in [-0.39, 0.29) is 0 Å². The summed E-state index contributed by atoms with van der Waals surface area (Å²) in [5.41, 5.74) is 3.15. The van der Waals surface area contributed by atoms with Gasteiger partial charge in [-0.15, -0.1) is 0 Å². The Labute approximate surface area is 85.8 Å². The number of hydrogen-bond acceptors (Lipinski definition) is 1. The van der Waals surface area contributed by atoms with E-state index in [4.69, 9.17) is 0 Å². The molecule has 0 bridgehead atoms. The maximum absolute atomic E-state index is 4.25. The standard InChI is InChI=1S/C12H16S/c13-7-3-4-10-8-11-5-1-2-6-12(11)9-10/h1-2,5-6,10,13H,3-4,7-9H2. The van der Waals surface area contributed by atoms with Crippen LogP contribution in [-0.2, 0) is 12.8 Å². The van der Waals surface area contributed by atoms with Gasteiger partial charge in [0.15, 0.2) is 0 Å². The summed E-state index contributed by atoms with van der Waals surface area (Å²) in [6.45, 7) is 0. The molecule has 70 valence electrons. The van der Waals surface area contributed by atoms with Gasteiger partial charge >= 0.3 is 0 Å². The smallest absolute Gasteiger partial charge is 0.00978 e. The molecule has 0 saturated heterocycles. The van der Waals surface area contributed by atoms with Gasteiger partial charge in [-0.2, -0.15) is 12.6 Å². The van der Waals surface area contributed by atoms with Gasteiger partial charge in [0.25, 0.3) is 0 Å². The quantitative estimate of drug-likeness (QED) is 0.699. The predicted octanol–water partition coefficient (Wildman–Crippen LogP) is 3.11. The van der Waals surface area contributed by atoms with Crippen molar-refractivity contribution in [2.75, 3.05) is 5.75 Å². The third kappa shape index (κ3) is 2.08. The molecule has 2 rings (SSSR count). The number of hydrogen-bond donors (Lipinski definition) is 1. The van der Waals surface area contributed by atoms with Crippen LogP contribution >= 0.6 is 12.6 Å². The summed E-state index contributed by atoms with van der Waals surface area (Å²) in [6.07, 6.45) is 5.20. The van der Waals surface area contributed by atoms with Crippen LogP contribution in [0.25, 0.3) is 0 Å². The van der Waals surface area contributed by atoms with Crippen LogP contribution in [0.15, 0.2) is 24.3 Å². The number of rotatable bonds is 3. The van der Waals surface area contributed by atoms with Crippen LogP contribution in [-0.4, -0.2) is 5.75 Å². The van der Waals surface area contributed by atoms with E-state index in [2.05, 4.69) is 36.9 Å². The summed E-state index contributed by atoms with van der Waals surface area (Å²) in [5.74, 6) is 1.93. The van der Waals surface area contributed by atoms with Crippen molar-refractivity contribution in [3.05, 3.63) is 35.4 Å². The van der Waals surface area contributed by atoms with Gasteiger partial charge in [-0.1, -0.05) is 24.3 Å². The highest BCUT2D eigenvalue weighted by atomic mass is 32.1. The molecule has 0 aliphatic heterocycles. The molecule has 0 radical (unpaired) electrons. The molecule has 0 atom stereocenters. The van der Waals surface area contributed by atoms with Gasteiger partial charge < -0.3 is 0 Å². The molecule has 0 amide bonds. The fourth-order valence-electron chi connectivity index (χ4n) is 2.23. The third-order valence-corrected chi connectivity index (χ3v) is 3.22. The van der Waals surface area contributed by atoms with E-state index in [1.54, 1.807) is 11.1 Å². The Morgan fingerprint density at radius 2 is 1.77 bits per heavy atom. The topological polar surface area (TPSA) is 0 Å². The van der Waals surface area contributed by atoms with Crippen molar-refractivity contribution in [2.24, 2.45) is 5.92 Å². The Hall–Kier alpha value is -0.430. The van der Waals surface area contributed by atoms with Crippen LogP contribution in [0.5, 0.6) is 0 Å². The Morgan fingerprint density at radius 3 is 2.31 bits per heavy atom. The molecule has 0 saturated carbocycles. The summed E-state index contributed by atoms with van der Waals surface area (Å²) >= 11 is 4.25. The minimum atomic E-state index is 0.893. The average Bonchev–Trinajstić information content (AvgIpc) is 2.57. The molecule has 1 heteroatoms. The van der Waals surface area contributed by atoms with Crippen LogP contribution in [0.1, 0.15) is 24.0 Å². The first kappa shape index (κ1) is 9.14. The molecule has 0 N–H and O–H groups in total. The normalized spacial score (nSPS) is 16.1. The minimum absolute atomic E-state index is 0.893. The summed E-state index contributed by atoms with van der Waals surface area (Å²) in [7, 11) is 0. The Bertz CT molecular complexity index is 255. The monoisotopic (exact) mass is 192 g/mol. The van der Waals surface area contributed by atoms with Gasteiger partial charge in [0.2, 0.25) is 0 Å². The highest BCUT2D eigenvalue weighted by molar-refractivity contribution is 7.80. The van der Waals surface area contributed by atoms with Crippen molar-refractivity contribution in [3.63, 3.8) is 0 Å². The van der Waals surface area contributed by atoms with Crippen molar-refractivity contribution in [2.45, 2.75) is 25.7 Å². The molecule has 1 aliphatic carbocycles. The SMILES string of the molecule is SCCCC1Cc2ccccc2C1. The largest absolute Gasteiger partial charge is 0.179 e. The van der Waals surface area contributed by atoms with E-state index in [0.717, 1.165) is 11.7 Å². The van der Waals surface area contributed by atoms with Gasteiger partial charge in [0.1, 0.15) is 0 Å². The van der Waals surface area contributed by atoms with E-state index >= 15 is 0 Å². The lowest BCUT2D eigenvalue weighted by Crippen LogP contribution is -1.99. The van der Waals surface area contributed by atoms with Crippen LogP contribution in [0.2, 0.25) is 0 Å². The Kier molecular flexibility index (Phi) is 2.94. The second-order valence-electron chi connectivity index (χ2n) is 3.91. The van der Waals surface area contributed by atoms with Crippen molar-refractivity contribution in [1.82, 2.24) is 0 Å². The first-order chi connectivity index (χ1) is 6.40. The van der Waals surface area contributed by atoms with Crippen LogP contribution < -0.4 is 0 Å². The van der Waals surface area contributed by atoms with E-state index < -0.39 is 0 Å². The first-order valence-electron chi connectivity index (χ1n) is 5.08. The molecule has 0 aromatic heterocycles. The second kappa shape index (κ2) is 4.19. The molecule has 0 spiro atoms. The van der Waals surface area contributed by atoms with Gasteiger partial charge in [-0.3, -0.25) is 0 Å². The number of benzene rings is 1. The summed E-state index contributed by atoms with van der Waals surface area (Å²) < 4.78 is 0. The highest BCUT2D eigenvalue weighted by Gasteiger charge is 2.19. The van der Waals surface area contributed by atoms with Gasteiger partial charge in [-0.05, 0) is 48.5 Å². The molecule has 0 fully saturated rings. The van der Waals surface area contributed by atoms with Gasteiger partial charge in [-0.25, -0.2) is 0 Å². The van der Waals surface area contributed by atoms with E-state index in [9.17, 15) is 0 Å². The van der Waals surface area contributed by atoms with Crippen molar-refractivity contribution < 1.29 is 0 Å². The van der Waals surface area contributed by atoms with E-state index in [1.807, 2.05) is 0 Å².